The van der Waals surface area contributed by atoms with Crippen LogP contribution in [0.4, 0.5) is 0 Å². The van der Waals surface area contributed by atoms with Crippen molar-refractivity contribution >= 4 is 29.7 Å². The molecule has 0 radical (unpaired) electrons. The number of rotatable bonds is 15. The lowest BCUT2D eigenvalue weighted by Gasteiger charge is -2.20. The molecule has 0 fully saturated rings. The molecule has 0 aliphatic heterocycles. The van der Waals surface area contributed by atoms with E-state index < -0.39 is 47.4 Å². The third kappa shape index (κ3) is 14.1. The normalized spacial score (nSPS) is 12.4. The number of amides is 2. The zero-order valence-corrected chi connectivity index (χ0v) is 23.7. The Kier molecular flexibility index (Phi) is 13.5. The predicted molar refractivity (Wildman–Crippen MR) is 150 cm³/mol. The maximum Gasteiger partial charge on any atom is 0.328 e. The van der Waals surface area contributed by atoms with E-state index in [-0.39, 0.29) is 45.4 Å². The molecule has 0 aromatic heterocycles. The number of benzene rings is 2. The highest BCUT2D eigenvalue weighted by Gasteiger charge is 2.25. The molecule has 0 saturated heterocycles. The number of nitrogens with one attached hydrogen (secondary N) is 2. The summed E-state index contributed by atoms with van der Waals surface area (Å²) in [5.74, 6) is -3.04. The number of carbonyl (C=O) groups is 5. The van der Waals surface area contributed by atoms with Crippen LogP contribution in [0.1, 0.15) is 57.6 Å². The first-order valence-electron chi connectivity index (χ1n) is 13.4. The Bertz CT molecular complexity index is 1150. The van der Waals surface area contributed by atoms with Crippen molar-refractivity contribution in [3.8, 4) is 0 Å². The lowest BCUT2D eigenvalue weighted by molar-refractivity contribution is -0.154. The third-order valence-electron chi connectivity index (χ3n) is 5.57. The average Bonchev–Trinajstić information content (AvgIpc) is 2.94. The second kappa shape index (κ2) is 16.8. The second-order valence-corrected chi connectivity index (χ2v) is 10.3. The van der Waals surface area contributed by atoms with Crippen LogP contribution in [0.3, 0.4) is 0 Å². The fourth-order valence-corrected chi connectivity index (χ4v) is 3.50. The van der Waals surface area contributed by atoms with Gasteiger partial charge in [-0.1, -0.05) is 60.7 Å². The van der Waals surface area contributed by atoms with Gasteiger partial charge in [-0.25, -0.2) is 4.79 Å². The molecule has 0 saturated carbocycles. The van der Waals surface area contributed by atoms with Gasteiger partial charge in [-0.05, 0) is 44.7 Å². The number of esters is 3. The first-order chi connectivity index (χ1) is 19.4. The van der Waals surface area contributed by atoms with Crippen LogP contribution in [-0.4, -0.2) is 54.0 Å². The molecule has 11 heteroatoms. The fraction of sp³-hybridized carbons (Fsp3) is 0.433. The minimum atomic E-state index is -1.12. The van der Waals surface area contributed by atoms with Gasteiger partial charge in [0, 0.05) is 12.8 Å². The van der Waals surface area contributed by atoms with E-state index in [4.69, 9.17) is 19.9 Å². The molecule has 2 unspecified atom stereocenters. The lowest BCUT2D eigenvalue weighted by Crippen LogP contribution is -2.45. The minimum Gasteiger partial charge on any atom is -0.461 e. The molecule has 2 amide bonds. The summed E-state index contributed by atoms with van der Waals surface area (Å²) in [6.07, 6.45) is -0.404. The van der Waals surface area contributed by atoms with Gasteiger partial charge in [0.2, 0.25) is 11.8 Å². The first-order valence-corrected chi connectivity index (χ1v) is 13.4. The fourth-order valence-electron chi connectivity index (χ4n) is 3.50. The molecule has 0 aliphatic carbocycles. The number of hydrogen-bond acceptors (Lipinski definition) is 9. The van der Waals surface area contributed by atoms with Crippen molar-refractivity contribution < 1.29 is 38.2 Å². The molecular weight excluding hydrogens is 530 g/mol. The van der Waals surface area contributed by atoms with E-state index in [1.165, 1.54) is 0 Å². The van der Waals surface area contributed by atoms with Crippen molar-refractivity contribution in [1.29, 1.82) is 0 Å². The van der Waals surface area contributed by atoms with Crippen molar-refractivity contribution in [3.63, 3.8) is 0 Å². The lowest BCUT2D eigenvalue weighted by atomic mass is 10.1. The van der Waals surface area contributed by atoms with Crippen molar-refractivity contribution in [3.05, 3.63) is 71.8 Å². The average molecular weight is 570 g/mol. The van der Waals surface area contributed by atoms with Gasteiger partial charge < -0.3 is 30.6 Å². The van der Waals surface area contributed by atoms with Gasteiger partial charge in [0.15, 0.2) is 0 Å². The van der Waals surface area contributed by atoms with Crippen LogP contribution in [-0.2, 0) is 51.4 Å². The van der Waals surface area contributed by atoms with Gasteiger partial charge in [0.05, 0.1) is 6.04 Å². The molecule has 222 valence electrons. The quantitative estimate of drug-likeness (QED) is 0.216. The van der Waals surface area contributed by atoms with Crippen LogP contribution in [0.5, 0.6) is 0 Å². The van der Waals surface area contributed by atoms with Gasteiger partial charge >= 0.3 is 17.9 Å². The summed E-state index contributed by atoms with van der Waals surface area (Å²) >= 11 is 0. The van der Waals surface area contributed by atoms with E-state index in [0.717, 1.165) is 11.1 Å². The zero-order chi connectivity index (χ0) is 30.3. The first kappa shape index (κ1) is 33.0. The van der Waals surface area contributed by atoms with Crippen LogP contribution in [0, 0.1) is 0 Å². The minimum absolute atomic E-state index is 0.00675. The Morgan fingerprint density at radius 3 is 1.90 bits per heavy atom. The smallest absolute Gasteiger partial charge is 0.328 e. The Balaban J connectivity index is 1.87. The third-order valence-corrected chi connectivity index (χ3v) is 5.57. The largest absolute Gasteiger partial charge is 0.461 e. The summed E-state index contributed by atoms with van der Waals surface area (Å²) < 4.78 is 15.8. The van der Waals surface area contributed by atoms with Crippen molar-refractivity contribution in [2.45, 2.75) is 77.4 Å². The summed E-state index contributed by atoms with van der Waals surface area (Å²) in [6.45, 7) is 4.84. The van der Waals surface area contributed by atoms with Gasteiger partial charge in [-0.3, -0.25) is 19.2 Å². The number of hydrogen-bond donors (Lipinski definition) is 3. The number of carbonyl (C=O) groups excluding carboxylic acids is 5. The highest BCUT2D eigenvalue weighted by molar-refractivity contribution is 5.87. The SMILES string of the molecule is CC(C)(C)OC(=O)CNC(=O)C(N)CCC(=O)NC(CCC(=O)OCc1ccccc1)C(=O)OCc1ccccc1. The second-order valence-electron chi connectivity index (χ2n) is 10.3. The molecule has 2 aromatic rings. The summed E-state index contributed by atoms with van der Waals surface area (Å²) in [7, 11) is 0. The van der Waals surface area contributed by atoms with E-state index in [9.17, 15) is 24.0 Å². The molecule has 2 rings (SSSR count). The van der Waals surface area contributed by atoms with Gasteiger partial charge in [-0.15, -0.1) is 0 Å². The Morgan fingerprint density at radius 2 is 1.34 bits per heavy atom. The molecule has 0 bridgehead atoms. The molecule has 2 atom stereocenters. The highest BCUT2D eigenvalue weighted by Crippen LogP contribution is 2.09. The molecule has 0 aliphatic rings. The van der Waals surface area contributed by atoms with Crippen LogP contribution >= 0.6 is 0 Å². The molecule has 4 N–H and O–H groups in total. The van der Waals surface area contributed by atoms with E-state index in [0.29, 0.717) is 0 Å². The molecule has 11 nitrogen and oxygen atoms in total. The Morgan fingerprint density at radius 1 is 0.780 bits per heavy atom. The molecule has 2 aromatic carbocycles. The zero-order valence-electron chi connectivity index (χ0n) is 23.7. The molecule has 41 heavy (non-hydrogen) atoms. The van der Waals surface area contributed by atoms with Gasteiger partial charge in [0.1, 0.15) is 31.4 Å². The Labute approximate surface area is 240 Å². The van der Waals surface area contributed by atoms with E-state index >= 15 is 0 Å². The topological polar surface area (TPSA) is 163 Å². The number of nitrogens with two attached hydrogens (primary N) is 1. The summed E-state index contributed by atoms with van der Waals surface area (Å²) in [4.78, 5) is 61.8. The highest BCUT2D eigenvalue weighted by atomic mass is 16.6. The van der Waals surface area contributed by atoms with E-state index in [2.05, 4.69) is 10.6 Å². The number of ether oxygens (including phenoxy) is 3. The van der Waals surface area contributed by atoms with E-state index in [1.807, 2.05) is 36.4 Å². The molecular formula is C30H39N3O8. The van der Waals surface area contributed by atoms with Crippen molar-refractivity contribution in [1.82, 2.24) is 10.6 Å². The summed E-state index contributed by atoms with van der Waals surface area (Å²) in [6, 6.07) is 16.0. The monoisotopic (exact) mass is 569 g/mol. The van der Waals surface area contributed by atoms with Crippen molar-refractivity contribution in [2.24, 2.45) is 5.73 Å². The predicted octanol–water partition coefficient (Wildman–Crippen LogP) is 2.30. The standard InChI is InChI=1S/C30H39N3O8/c1-30(2,3)41-27(36)18-32-28(37)23(31)14-16-25(34)33-24(29(38)40-20-22-12-8-5-9-13-22)15-17-26(35)39-19-21-10-6-4-7-11-21/h4-13,23-24H,14-20,31H2,1-3H3,(H,32,37)(H,33,34). The maximum atomic E-state index is 12.8. The van der Waals surface area contributed by atoms with Crippen LogP contribution in [0.2, 0.25) is 0 Å². The van der Waals surface area contributed by atoms with Crippen LogP contribution in [0.15, 0.2) is 60.7 Å². The van der Waals surface area contributed by atoms with Crippen LogP contribution < -0.4 is 16.4 Å². The summed E-state index contributed by atoms with van der Waals surface area (Å²) in [5.41, 5.74) is 6.75. The van der Waals surface area contributed by atoms with Gasteiger partial charge in [0.25, 0.3) is 0 Å². The van der Waals surface area contributed by atoms with Crippen molar-refractivity contribution in [2.75, 3.05) is 6.54 Å². The molecule has 0 spiro atoms. The van der Waals surface area contributed by atoms with Gasteiger partial charge in [-0.2, -0.15) is 0 Å². The molecule has 0 heterocycles. The van der Waals surface area contributed by atoms with Crippen LogP contribution in [0.25, 0.3) is 0 Å². The van der Waals surface area contributed by atoms with E-state index in [1.54, 1.807) is 45.0 Å². The maximum absolute atomic E-state index is 12.8. The Hall–Kier alpha value is -4.25. The summed E-state index contributed by atoms with van der Waals surface area (Å²) in [5, 5.41) is 4.95.